The molecule has 0 saturated carbocycles. The van der Waals surface area contributed by atoms with Gasteiger partial charge in [-0.2, -0.15) is 0 Å². The van der Waals surface area contributed by atoms with Gasteiger partial charge in [-0.05, 0) is 38.8 Å². The lowest BCUT2D eigenvalue weighted by molar-refractivity contribution is 0.160. The van der Waals surface area contributed by atoms with E-state index in [2.05, 4.69) is 56.9 Å². The first kappa shape index (κ1) is 16.2. The number of benzene rings is 1. The molecule has 0 amide bonds. The van der Waals surface area contributed by atoms with E-state index in [1.54, 1.807) is 0 Å². The molecule has 2 atom stereocenters. The van der Waals surface area contributed by atoms with Crippen LogP contribution in [0.1, 0.15) is 52.5 Å². The Balaban J connectivity index is 2.76. The Morgan fingerprint density at radius 2 is 1.84 bits per heavy atom. The van der Waals surface area contributed by atoms with E-state index in [9.17, 15) is 0 Å². The van der Waals surface area contributed by atoms with E-state index in [4.69, 9.17) is 5.73 Å². The molecule has 0 aromatic heterocycles. The van der Waals surface area contributed by atoms with Gasteiger partial charge >= 0.3 is 0 Å². The third kappa shape index (κ3) is 4.96. The van der Waals surface area contributed by atoms with Crippen molar-refractivity contribution in [3.8, 4) is 0 Å². The zero-order valence-electron chi connectivity index (χ0n) is 13.0. The SMILES string of the molecule is CCCCN(CC(C)(N)c1ccccc1)C(C)CC. The van der Waals surface area contributed by atoms with E-state index < -0.39 is 0 Å². The van der Waals surface area contributed by atoms with Crippen LogP contribution >= 0.6 is 0 Å². The van der Waals surface area contributed by atoms with Crippen LogP contribution in [0.15, 0.2) is 30.3 Å². The largest absolute Gasteiger partial charge is 0.321 e. The fourth-order valence-corrected chi connectivity index (χ4v) is 2.41. The predicted molar refractivity (Wildman–Crippen MR) is 84.2 cm³/mol. The van der Waals surface area contributed by atoms with E-state index in [1.165, 1.54) is 24.8 Å². The molecule has 0 spiro atoms. The van der Waals surface area contributed by atoms with Gasteiger partial charge in [0.15, 0.2) is 0 Å². The van der Waals surface area contributed by atoms with Gasteiger partial charge in [0.1, 0.15) is 0 Å². The first-order valence-electron chi connectivity index (χ1n) is 7.59. The molecule has 2 N–H and O–H groups in total. The molecule has 1 rings (SSSR count). The summed E-state index contributed by atoms with van der Waals surface area (Å²) in [6.07, 6.45) is 3.66. The van der Waals surface area contributed by atoms with Gasteiger partial charge in [0.2, 0.25) is 0 Å². The lowest BCUT2D eigenvalue weighted by Gasteiger charge is -2.36. The smallest absolute Gasteiger partial charge is 0.0510 e. The van der Waals surface area contributed by atoms with Crippen molar-refractivity contribution in [3.63, 3.8) is 0 Å². The molecular weight excluding hydrogens is 232 g/mol. The number of hydrogen-bond acceptors (Lipinski definition) is 2. The normalized spacial score (nSPS) is 16.3. The van der Waals surface area contributed by atoms with Crippen LogP contribution in [0.25, 0.3) is 0 Å². The van der Waals surface area contributed by atoms with Crippen LogP contribution in [0.5, 0.6) is 0 Å². The third-order valence-electron chi connectivity index (χ3n) is 3.98. The molecule has 0 fully saturated rings. The monoisotopic (exact) mass is 262 g/mol. The van der Waals surface area contributed by atoms with Crippen molar-refractivity contribution >= 4 is 0 Å². The molecule has 0 aliphatic rings. The predicted octanol–water partition coefficient (Wildman–Crippen LogP) is 3.76. The maximum absolute atomic E-state index is 6.56. The molecule has 2 nitrogen and oxygen atoms in total. The molecule has 1 aromatic rings. The number of unbranched alkanes of at least 4 members (excludes halogenated alkanes) is 1. The zero-order valence-corrected chi connectivity index (χ0v) is 13.0. The van der Waals surface area contributed by atoms with Gasteiger partial charge in [-0.25, -0.2) is 0 Å². The minimum Gasteiger partial charge on any atom is -0.321 e. The van der Waals surface area contributed by atoms with Crippen molar-refractivity contribution in [1.29, 1.82) is 0 Å². The summed E-state index contributed by atoms with van der Waals surface area (Å²) >= 11 is 0. The van der Waals surface area contributed by atoms with Gasteiger partial charge < -0.3 is 5.73 Å². The van der Waals surface area contributed by atoms with Crippen molar-refractivity contribution in [2.75, 3.05) is 13.1 Å². The van der Waals surface area contributed by atoms with Gasteiger partial charge in [-0.1, -0.05) is 50.6 Å². The fourth-order valence-electron chi connectivity index (χ4n) is 2.41. The Morgan fingerprint density at radius 3 is 2.37 bits per heavy atom. The molecule has 1 aromatic carbocycles. The number of nitrogens with two attached hydrogens (primary N) is 1. The number of nitrogens with zero attached hydrogens (tertiary/aromatic N) is 1. The molecule has 0 heterocycles. The summed E-state index contributed by atoms with van der Waals surface area (Å²) in [6, 6.07) is 11.0. The Labute approximate surface area is 119 Å². The van der Waals surface area contributed by atoms with Crippen molar-refractivity contribution in [3.05, 3.63) is 35.9 Å². The van der Waals surface area contributed by atoms with Crippen LogP contribution < -0.4 is 5.73 Å². The highest BCUT2D eigenvalue weighted by Crippen LogP contribution is 2.21. The number of rotatable bonds is 8. The lowest BCUT2D eigenvalue weighted by atomic mass is 9.92. The van der Waals surface area contributed by atoms with E-state index in [0.717, 1.165) is 13.1 Å². The van der Waals surface area contributed by atoms with Crippen LogP contribution in [0.4, 0.5) is 0 Å². The highest BCUT2D eigenvalue weighted by Gasteiger charge is 2.26. The Kier molecular flexibility index (Phi) is 6.53. The second-order valence-corrected chi connectivity index (χ2v) is 5.86. The number of hydrogen-bond donors (Lipinski definition) is 1. The summed E-state index contributed by atoms with van der Waals surface area (Å²) in [5.74, 6) is 0. The summed E-state index contributed by atoms with van der Waals surface area (Å²) in [4.78, 5) is 2.54. The highest BCUT2D eigenvalue weighted by atomic mass is 15.2. The minimum absolute atomic E-state index is 0.279. The standard InChI is InChI=1S/C17H30N2/c1-5-7-13-19(15(3)6-2)14-17(4,18)16-11-9-8-10-12-16/h8-12,15H,5-7,13-14,18H2,1-4H3. The van der Waals surface area contributed by atoms with Crippen LogP contribution in [0, 0.1) is 0 Å². The molecule has 0 bridgehead atoms. The van der Waals surface area contributed by atoms with Crippen LogP contribution in [-0.2, 0) is 5.54 Å². The van der Waals surface area contributed by atoms with E-state index in [-0.39, 0.29) is 5.54 Å². The average molecular weight is 262 g/mol. The average Bonchev–Trinajstić information content (AvgIpc) is 2.43. The molecule has 0 radical (unpaired) electrons. The molecule has 108 valence electrons. The first-order chi connectivity index (χ1) is 9.01. The fraction of sp³-hybridized carbons (Fsp3) is 0.647. The molecule has 19 heavy (non-hydrogen) atoms. The second-order valence-electron chi connectivity index (χ2n) is 5.86. The summed E-state index contributed by atoms with van der Waals surface area (Å²) < 4.78 is 0. The van der Waals surface area contributed by atoms with Gasteiger partial charge in [0.05, 0.1) is 5.54 Å². The van der Waals surface area contributed by atoms with Crippen LogP contribution in [0.2, 0.25) is 0 Å². The van der Waals surface area contributed by atoms with E-state index in [1.807, 2.05) is 6.07 Å². The third-order valence-corrected chi connectivity index (χ3v) is 3.98. The van der Waals surface area contributed by atoms with E-state index in [0.29, 0.717) is 6.04 Å². The second kappa shape index (κ2) is 7.66. The molecule has 0 aliphatic heterocycles. The lowest BCUT2D eigenvalue weighted by Crippen LogP contribution is -2.48. The molecule has 2 heteroatoms. The summed E-state index contributed by atoms with van der Waals surface area (Å²) in [5, 5.41) is 0. The van der Waals surface area contributed by atoms with Gasteiger partial charge in [-0.3, -0.25) is 4.90 Å². The van der Waals surface area contributed by atoms with Crippen molar-refractivity contribution in [2.24, 2.45) is 5.73 Å². The van der Waals surface area contributed by atoms with Crippen LogP contribution in [0.3, 0.4) is 0 Å². The summed E-state index contributed by atoms with van der Waals surface area (Å²) in [7, 11) is 0. The molecule has 0 aliphatic carbocycles. The Bertz CT molecular complexity index is 346. The van der Waals surface area contributed by atoms with Crippen LogP contribution in [-0.4, -0.2) is 24.0 Å². The van der Waals surface area contributed by atoms with Gasteiger partial charge in [-0.15, -0.1) is 0 Å². The van der Waals surface area contributed by atoms with Gasteiger partial charge in [0, 0.05) is 12.6 Å². The summed E-state index contributed by atoms with van der Waals surface area (Å²) in [6.45, 7) is 11.0. The van der Waals surface area contributed by atoms with Crippen molar-refractivity contribution in [2.45, 2.75) is 58.5 Å². The molecule has 0 saturated heterocycles. The maximum atomic E-state index is 6.56. The zero-order chi connectivity index (χ0) is 14.3. The Hall–Kier alpha value is -0.860. The van der Waals surface area contributed by atoms with Gasteiger partial charge in [0.25, 0.3) is 0 Å². The highest BCUT2D eigenvalue weighted by molar-refractivity contribution is 5.23. The minimum atomic E-state index is -0.279. The van der Waals surface area contributed by atoms with Crippen molar-refractivity contribution in [1.82, 2.24) is 4.90 Å². The Morgan fingerprint density at radius 1 is 1.21 bits per heavy atom. The maximum Gasteiger partial charge on any atom is 0.0510 e. The molecule has 2 unspecified atom stereocenters. The topological polar surface area (TPSA) is 29.3 Å². The van der Waals surface area contributed by atoms with Crippen molar-refractivity contribution < 1.29 is 0 Å². The van der Waals surface area contributed by atoms with E-state index >= 15 is 0 Å². The first-order valence-corrected chi connectivity index (χ1v) is 7.59. The quantitative estimate of drug-likeness (QED) is 0.773. The summed E-state index contributed by atoms with van der Waals surface area (Å²) in [5.41, 5.74) is 7.50. The molecular formula is C17H30N2.